The number of methoxy groups -OCH3 is 2. The number of ether oxygens (including phenoxy) is 5. The molecule has 1 aliphatic rings. The van der Waals surface area contributed by atoms with Gasteiger partial charge in [-0.25, -0.2) is 0 Å². The summed E-state index contributed by atoms with van der Waals surface area (Å²) in [5.74, 6) is 2.36. The van der Waals surface area contributed by atoms with E-state index in [9.17, 15) is 0 Å². The zero-order valence-corrected chi connectivity index (χ0v) is 22.2. The summed E-state index contributed by atoms with van der Waals surface area (Å²) in [7, 11) is 5.44. The van der Waals surface area contributed by atoms with E-state index >= 15 is 0 Å². The highest BCUT2D eigenvalue weighted by atomic mass is 16.7. The molecule has 0 spiro atoms. The van der Waals surface area contributed by atoms with Crippen LogP contribution in [0.25, 0.3) is 0 Å². The van der Waals surface area contributed by atoms with E-state index in [-0.39, 0.29) is 12.9 Å². The van der Waals surface area contributed by atoms with Gasteiger partial charge in [0, 0.05) is 19.7 Å². The molecule has 0 bridgehead atoms. The van der Waals surface area contributed by atoms with Gasteiger partial charge in [-0.1, -0.05) is 54.6 Å². The maximum absolute atomic E-state index is 6.28. The fourth-order valence-electron chi connectivity index (χ4n) is 4.82. The molecule has 0 unspecified atom stereocenters. The SMILES string of the molecule is COCOc1ccc(CCc2ccccc2OCC[C@@H]2C[C@@H](OCc3ccccc3)CN2C)cc1OC. The van der Waals surface area contributed by atoms with Crippen molar-refractivity contribution in [2.75, 3.05) is 41.2 Å². The van der Waals surface area contributed by atoms with Crippen LogP contribution in [0.4, 0.5) is 0 Å². The number of nitrogens with zero attached hydrogens (tertiary/aromatic N) is 1. The third-order valence-corrected chi connectivity index (χ3v) is 6.90. The lowest BCUT2D eigenvalue weighted by molar-refractivity contribution is 0.0480. The molecule has 2 atom stereocenters. The van der Waals surface area contributed by atoms with Crippen molar-refractivity contribution in [1.82, 2.24) is 4.90 Å². The molecule has 1 fully saturated rings. The minimum Gasteiger partial charge on any atom is -0.493 e. The van der Waals surface area contributed by atoms with E-state index in [1.807, 2.05) is 24.3 Å². The number of para-hydroxylation sites is 1. The molecule has 0 saturated carbocycles. The van der Waals surface area contributed by atoms with Gasteiger partial charge in [0.2, 0.25) is 0 Å². The van der Waals surface area contributed by atoms with Crippen LogP contribution in [-0.4, -0.2) is 58.3 Å². The third kappa shape index (κ3) is 7.96. The summed E-state index contributed by atoms with van der Waals surface area (Å²) < 4.78 is 28.5. The van der Waals surface area contributed by atoms with E-state index in [0.717, 1.165) is 38.0 Å². The highest BCUT2D eigenvalue weighted by Gasteiger charge is 2.29. The van der Waals surface area contributed by atoms with E-state index in [2.05, 4.69) is 60.5 Å². The van der Waals surface area contributed by atoms with Crippen LogP contribution in [0.5, 0.6) is 17.2 Å². The number of aryl methyl sites for hydroxylation is 2. The van der Waals surface area contributed by atoms with Crippen LogP contribution in [0, 0.1) is 0 Å². The number of rotatable bonds is 14. The molecule has 0 aromatic heterocycles. The first-order valence-electron chi connectivity index (χ1n) is 13.0. The van der Waals surface area contributed by atoms with Gasteiger partial charge in [0.05, 0.1) is 26.4 Å². The van der Waals surface area contributed by atoms with Crippen molar-refractivity contribution in [1.29, 1.82) is 0 Å². The Kier molecular flexibility index (Phi) is 10.2. The smallest absolute Gasteiger partial charge is 0.188 e. The minimum absolute atomic E-state index is 0.193. The summed E-state index contributed by atoms with van der Waals surface area (Å²) in [6.07, 6.45) is 4.06. The van der Waals surface area contributed by atoms with Crippen molar-refractivity contribution in [2.45, 2.75) is 44.4 Å². The first-order valence-corrected chi connectivity index (χ1v) is 13.0. The van der Waals surface area contributed by atoms with Crippen molar-refractivity contribution in [3.63, 3.8) is 0 Å². The van der Waals surface area contributed by atoms with E-state index < -0.39 is 0 Å². The second-order valence-electron chi connectivity index (χ2n) is 9.53. The Hall–Kier alpha value is -3.06. The second-order valence-corrected chi connectivity index (χ2v) is 9.53. The molecule has 6 nitrogen and oxygen atoms in total. The van der Waals surface area contributed by atoms with Crippen LogP contribution in [-0.2, 0) is 28.9 Å². The molecule has 1 heterocycles. The van der Waals surface area contributed by atoms with Crippen LogP contribution >= 0.6 is 0 Å². The molecule has 1 aliphatic heterocycles. The maximum Gasteiger partial charge on any atom is 0.188 e. The lowest BCUT2D eigenvalue weighted by Gasteiger charge is -2.19. The Morgan fingerprint density at radius 2 is 1.62 bits per heavy atom. The number of hydrogen-bond donors (Lipinski definition) is 0. The van der Waals surface area contributed by atoms with Gasteiger partial charge in [-0.2, -0.15) is 0 Å². The molecule has 1 saturated heterocycles. The highest BCUT2D eigenvalue weighted by Crippen LogP contribution is 2.29. The molecule has 3 aromatic rings. The molecular weight excluding hydrogens is 466 g/mol. The first-order chi connectivity index (χ1) is 18.2. The maximum atomic E-state index is 6.28. The third-order valence-electron chi connectivity index (χ3n) is 6.90. The Bertz CT molecular complexity index is 1090. The van der Waals surface area contributed by atoms with E-state index in [0.29, 0.717) is 30.8 Å². The molecule has 37 heavy (non-hydrogen) atoms. The van der Waals surface area contributed by atoms with Crippen LogP contribution < -0.4 is 14.2 Å². The summed E-state index contributed by atoms with van der Waals surface area (Å²) in [6.45, 7) is 2.52. The van der Waals surface area contributed by atoms with Crippen molar-refractivity contribution < 1.29 is 23.7 Å². The van der Waals surface area contributed by atoms with E-state index in [4.69, 9.17) is 23.7 Å². The number of benzene rings is 3. The number of likely N-dealkylation sites (tertiary alicyclic amines) is 1. The Balaban J connectivity index is 1.25. The molecule has 0 aliphatic carbocycles. The number of likely N-dealkylation sites (N-methyl/N-ethyl adjacent to an activating group) is 1. The van der Waals surface area contributed by atoms with Gasteiger partial charge >= 0.3 is 0 Å². The fourth-order valence-corrected chi connectivity index (χ4v) is 4.82. The first kappa shape index (κ1) is 27.0. The summed E-state index contributed by atoms with van der Waals surface area (Å²) in [4.78, 5) is 2.40. The second kappa shape index (κ2) is 14.0. The fraction of sp³-hybridized carbons (Fsp3) is 0.419. The lowest BCUT2D eigenvalue weighted by atomic mass is 10.0. The monoisotopic (exact) mass is 505 g/mol. The standard InChI is InChI=1S/C31H39NO5/c1-32-21-28(36-22-25-9-5-4-6-10-25)20-27(32)17-18-35-29-12-8-7-11-26(29)15-13-24-14-16-30(37-23-33-2)31(19-24)34-3/h4-12,14,16,19,27-28H,13,15,17-18,20-23H2,1-3H3/t27-,28-/m1/s1. The van der Waals surface area contributed by atoms with Gasteiger partial charge in [0.25, 0.3) is 0 Å². The lowest BCUT2D eigenvalue weighted by Crippen LogP contribution is -2.27. The molecular formula is C31H39NO5. The molecule has 6 heteroatoms. The van der Waals surface area contributed by atoms with Crippen LogP contribution in [0.15, 0.2) is 72.8 Å². The van der Waals surface area contributed by atoms with Gasteiger partial charge in [-0.15, -0.1) is 0 Å². The van der Waals surface area contributed by atoms with Crippen LogP contribution in [0.3, 0.4) is 0 Å². The molecule has 0 N–H and O–H groups in total. The predicted octanol–water partition coefficient (Wildman–Crippen LogP) is 5.52. The predicted molar refractivity (Wildman–Crippen MR) is 146 cm³/mol. The van der Waals surface area contributed by atoms with Crippen molar-refractivity contribution in [3.8, 4) is 17.2 Å². The quantitative estimate of drug-likeness (QED) is 0.269. The van der Waals surface area contributed by atoms with Crippen LogP contribution in [0.2, 0.25) is 0 Å². The zero-order valence-electron chi connectivity index (χ0n) is 22.2. The minimum atomic E-state index is 0.193. The molecule has 3 aromatic carbocycles. The van der Waals surface area contributed by atoms with Crippen molar-refractivity contribution in [3.05, 3.63) is 89.5 Å². The van der Waals surface area contributed by atoms with Gasteiger partial charge in [-0.3, -0.25) is 0 Å². The normalized spacial score (nSPS) is 17.6. The zero-order chi connectivity index (χ0) is 25.9. The van der Waals surface area contributed by atoms with Gasteiger partial charge in [-0.05, 0) is 67.6 Å². The molecule has 0 amide bonds. The van der Waals surface area contributed by atoms with E-state index in [1.54, 1.807) is 14.2 Å². The largest absolute Gasteiger partial charge is 0.493 e. The summed E-state index contributed by atoms with van der Waals surface area (Å²) in [5.41, 5.74) is 3.62. The van der Waals surface area contributed by atoms with Crippen LogP contribution in [0.1, 0.15) is 29.5 Å². The highest BCUT2D eigenvalue weighted by molar-refractivity contribution is 5.43. The Morgan fingerprint density at radius 3 is 2.43 bits per heavy atom. The average molecular weight is 506 g/mol. The van der Waals surface area contributed by atoms with Crippen molar-refractivity contribution >= 4 is 0 Å². The van der Waals surface area contributed by atoms with Gasteiger partial charge in [0.1, 0.15) is 5.75 Å². The summed E-state index contributed by atoms with van der Waals surface area (Å²) >= 11 is 0. The molecule has 4 rings (SSSR count). The summed E-state index contributed by atoms with van der Waals surface area (Å²) in [5, 5.41) is 0. The number of hydrogen-bond acceptors (Lipinski definition) is 6. The molecule has 0 radical (unpaired) electrons. The topological polar surface area (TPSA) is 49.4 Å². The average Bonchev–Trinajstić information content (AvgIpc) is 3.30. The van der Waals surface area contributed by atoms with Gasteiger partial charge < -0.3 is 28.6 Å². The summed E-state index contributed by atoms with van der Waals surface area (Å²) in [6, 6.07) is 25.2. The Labute approximate surface area is 221 Å². The van der Waals surface area contributed by atoms with Gasteiger partial charge in [0.15, 0.2) is 18.3 Å². The van der Waals surface area contributed by atoms with E-state index in [1.165, 1.54) is 16.7 Å². The van der Waals surface area contributed by atoms with Crippen molar-refractivity contribution in [2.24, 2.45) is 0 Å². The molecule has 198 valence electrons. The Morgan fingerprint density at radius 1 is 0.811 bits per heavy atom.